The Kier molecular flexibility index (Phi) is 5.09. The molecule has 0 atom stereocenters. The van der Waals surface area contributed by atoms with Crippen LogP contribution in [-0.2, 0) is 0 Å². The van der Waals surface area contributed by atoms with Gasteiger partial charge in [0.25, 0.3) is 0 Å². The summed E-state index contributed by atoms with van der Waals surface area (Å²) in [5.41, 5.74) is 8.15. The highest BCUT2D eigenvalue weighted by Crippen LogP contribution is 2.34. The van der Waals surface area contributed by atoms with E-state index in [1.807, 2.05) is 45.2 Å². The van der Waals surface area contributed by atoms with Gasteiger partial charge >= 0.3 is 0 Å². The first kappa shape index (κ1) is 20.8. The molecule has 3 heterocycles. The van der Waals surface area contributed by atoms with Crippen LogP contribution in [-0.4, -0.2) is 50.7 Å². The van der Waals surface area contributed by atoms with Gasteiger partial charge in [0.2, 0.25) is 5.96 Å². The zero-order valence-corrected chi connectivity index (χ0v) is 19.5. The van der Waals surface area contributed by atoms with Crippen LogP contribution in [0.15, 0.2) is 81.4 Å². The lowest BCUT2D eigenvalue weighted by molar-refractivity contribution is 0.750. The third-order valence-electron chi connectivity index (χ3n) is 5.88. The molecule has 7 heteroatoms. The van der Waals surface area contributed by atoms with Crippen molar-refractivity contribution in [2.75, 3.05) is 43.7 Å². The fraction of sp³-hybridized carbons (Fsp3) is 0.192. The first-order chi connectivity index (χ1) is 16.0. The number of aliphatic imine (C=N–C) groups is 3. The Hall–Kier alpha value is -4.13. The van der Waals surface area contributed by atoms with E-state index in [1.54, 1.807) is 0 Å². The molecule has 0 fully saturated rings. The number of benzene rings is 2. The third-order valence-corrected chi connectivity index (χ3v) is 5.88. The molecule has 0 bridgehead atoms. The molecule has 166 valence electrons. The number of anilines is 3. The van der Waals surface area contributed by atoms with E-state index < -0.39 is 0 Å². The van der Waals surface area contributed by atoms with Crippen molar-refractivity contribution in [3.8, 4) is 0 Å². The van der Waals surface area contributed by atoms with E-state index in [0.717, 1.165) is 45.4 Å². The van der Waals surface area contributed by atoms with Gasteiger partial charge in [-0.25, -0.2) is 9.98 Å². The molecule has 0 saturated heterocycles. The molecule has 0 radical (unpaired) electrons. The SMILES string of the molecule is CNc1cc(C)ccc1C1=CC2=CC=CC3=NC(c4ccc(N(C)C)cc4NC)=NC(=N1)N23. The van der Waals surface area contributed by atoms with Crippen molar-refractivity contribution < 1.29 is 0 Å². The minimum Gasteiger partial charge on any atom is -0.388 e. The van der Waals surface area contributed by atoms with Gasteiger partial charge in [-0.05, 0) is 55.0 Å². The molecule has 0 amide bonds. The molecule has 3 aliphatic heterocycles. The van der Waals surface area contributed by atoms with Crippen molar-refractivity contribution in [1.82, 2.24) is 4.90 Å². The number of amidine groups is 2. The highest BCUT2D eigenvalue weighted by Gasteiger charge is 2.31. The van der Waals surface area contributed by atoms with Gasteiger partial charge in [0.15, 0.2) is 5.84 Å². The van der Waals surface area contributed by atoms with E-state index >= 15 is 0 Å². The summed E-state index contributed by atoms with van der Waals surface area (Å²) in [7, 11) is 7.90. The Morgan fingerprint density at radius 3 is 2.39 bits per heavy atom. The van der Waals surface area contributed by atoms with Gasteiger partial charge in [0, 0.05) is 56.4 Å². The average Bonchev–Trinajstić information content (AvgIpc) is 2.83. The van der Waals surface area contributed by atoms with Crippen LogP contribution in [0.1, 0.15) is 16.7 Å². The summed E-state index contributed by atoms with van der Waals surface area (Å²) in [6, 6.07) is 12.6. The van der Waals surface area contributed by atoms with E-state index in [1.165, 1.54) is 5.56 Å². The van der Waals surface area contributed by atoms with Gasteiger partial charge in [-0.1, -0.05) is 18.2 Å². The summed E-state index contributed by atoms with van der Waals surface area (Å²) in [5, 5.41) is 6.59. The average molecular weight is 438 g/mol. The molecular formula is C26H27N7. The fourth-order valence-electron chi connectivity index (χ4n) is 4.12. The lowest BCUT2D eigenvalue weighted by Gasteiger charge is -2.33. The minimum absolute atomic E-state index is 0.615. The van der Waals surface area contributed by atoms with Gasteiger partial charge in [0.1, 0.15) is 5.84 Å². The summed E-state index contributed by atoms with van der Waals surface area (Å²) in [6.45, 7) is 2.09. The van der Waals surface area contributed by atoms with E-state index in [9.17, 15) is 0 Å². The highest BCUT2D eigenvalue weighted by atomic mass is 15.4. The van der Waals surface area contributed by atoms with Crippen molar-refractivity contribution in [2.24, 2.45) is 15.0 Å². The predicted molar refractivity (Wildman–Crippen MR) is 139 cm³/mol. The standard InChI is InChI=1S/C26H27N7/c1-16-9-11-19(21(13-16)27-2)23-15-18-7-6-8-24-30-25(31-26(29-23)33(18)24)20-12-10-17(32(4)5)14-22(20)28-3/h6-15,27-28H,1-5H3. The Morgan fingerprint density at radius 2 is 1.64 bits per heavy atom. The number of hydrogen-bond acceptors (Lipinski definition) is 7. The molecule has 3 aliphatic rings. The third kappa shape index (κ3) is 3.61. The van der Waals surface area contributed by atoms with Gasteiger partial charge in [-0.3, -0.25) is 4.90 Å². The Labute approximate surface area is 194 Å². The van der Waals surface area contributed by atoms with Crippen LogP contribution in [0.4, 0.5) is 17.1 Å². The summed E-state index contributed by atoms with van der Waals surface area (Å²) in [6.07, 6.45) is 8.16. The number of guanidine groups is 1. The second kappa shape index (κ2) is 8.09. The number of nitrogens with one attached hydrogen (secondary N) is 2. The molecule has 2 aromatic carbocycles. The summed E-state index contributed by atoms with van der Waals surface area (Å²) < 4.78 is 0. The van der Waals surface area contributed by atoms with Crippen LogP contribution in [0, 0.1) is 6.92 Å². The molecule has 0 aliphatic carbocycles. The summed E-state index contributed by atoms with van der Waals surface area (Å²) in [5.74, 6) is 2.06. The second-order valence-electron chi connectivity index (χ2n) is 8.31. The van der Waals surface area contributed by atoms with Crippen LogP contribution < -0.4 is 15.5 Å². The lowest BCUT2D eigenvalue weighted by Crippen LogP contribution is -2.40. The van der Waals surface area contributed by atoms with Gasteiger partial charge in [-0.15, -0.1) is 0 Å². The molecular weight excluding hydrogens is 410 g/mol. The maximum absolute atomic E-state index is 4.96. The van der Waals surface area contributed by atoms with Crippen LogP contribution in [0.3, 0.4) is 0 Å². The van der Waals surface area contributed by atoms with E-state index in [4.69, 9.17) is 15.0 Å². The fourth-order valence-corrected chi connectivity index (χ4v) is 4.12. The van der Waals surface area contributed by atoms with E-state index in [-0.39, 0.29) is 0 Å². The molecule has 5 rings (SSSR count). The molecule has 0 spiro atoms. The van der Waals surface area contributed by atoms with Gasteiger partial charge < -0.3 is 15.5 Å². The normalized spacial score (nSPS) is 16.2. The van der Waals surface area contributed by atoms with Crippen molar-refractivity contribution in [3.63, 3.8) is 0 Å². The van der Waals surface area contributed by atoms with Crippen LogP contribution in [0.2, 0.25) is 0 Å². The van der Waals surface area contributed by atoms with Crippen LogP contribution in [0.25, 0.3) is 5.70 Å². The number of rotatable bonds is 5. The smallest absolute Gasteiger partial charge is 0.238 e. The lowest BCUT2D eigenvalue weighted by atomic mass is 10.0. The van der Waals surface area contributed by atoms with Crippen molar-refractivity contribution in [2.45, 2.75) is 6.92 Å². The van der Waals surface area contributed by atoms with Crippen molar-refractivity contribution in [1.29, 1.82) is 0 Å². The zero-order valence-electron chi connectivity index (χ0n) is 19.5. The predicted octanol–water partition coefficient (Wildman–Crippen LogP) is 4.47. The van der Waals surface area contributed by atoms with Gasteiger partial charge in [0.05, 0.1) is 11.4 Å². The number of hydrogen-bond donors (Lipinski definition) is 2. The van der Waals surface area contributed by atoms with Crippen LogP contribution in [0.5, 0.6) is 0 Å². The zero-order chi connectivity index (χ0) is 23.1. The van der Waals surface area contributed by atoms with Crippen LogP contribution >= 0.6 is 0 Å². The Balaban J connectivity index is 1.64. The molecule has 0 aromatic heterocycles. The Bertz CT molecular complexity index is 1320. The molecule has 7 nitrogen and oxygen atoms in total. The molecule has 0 unspecified atom stereocenters. The first-order valence-corrected chi connectivity index (χ1v) is 10.9. The molecule has 33 heavy (non-hydrogen) atoms. The quantitative estimate of drug-likeness (QED) is 0.724. The summed E-state index contributed by atoms with van der Waals surface area (Å²) in [4.78, 5) is 18.8. The number of allylic oxidation sites excluding steroid dienone is 3. The van der Waals surface area contributed by atoms with E-state index in [0.29, 0.717) is 11.8 Å². The number of nitrogens with zero attached hydrogens (tertiary/aromatic N) is 5. The monoisotopic (exact) mass is 437 g/mol. The molecule has 0 saturated carbocycles. The highest BCUT2D eigenvalue weighted by molar-refractivity contribution is 6.24. The van der Waals surface area contributed by atoms with Crippen molar-refractivity contribution in [3.05, 3.63) is 83.1 Å². The van der Waals surface area contributed by atoms with Crippen molar-refractivity contribution >= 4 is 40.4 Å². The number of aryl methyl sites for hydroxylation is 1. The second-order valence-corrected chi connectivity index (χ2v) is 8.31. The first-order valence-electron chi connectivity index (χ1n) is 10.9. The van der Waals surface area contributed by atoms with E-state index in [2.05, 4.69) is 71.0 Å². The summed E-state index contributed by atoms with van der Waals surface area (Å²) >= 11 is 0. The topological polar surface area (TPSA) is 67.6 Å². The maximum atomic E-state index is 4.96. The van der Waals surface area contributed by atoms with Gasteiger partial charge in [-0.2, -0.15) is 4.99 Å². The molecule has 2 N–H and O–H groups in total. The molecule has 2 aromatic rings. The Morgan fingerprint density at radius 1 is 0.879 bits per heavy atom. The maximum Gasteiger partial charge on any atom is 0.238 e. The largest absolute Gasteiger partial charge is 0.388 e. The minimum atomic E-state index is 0.615.